The fraction of sp³-hybridized carbons (Fsp3) is 0.143. The maximum atomic E-state index is 12.2. The Hall–Kier alpha value is -2.93. The van der Waals surface area contributed by atoms with Crippen LogP contribution in [0.4, 0.5) is 11.4 Å². The molecule has 0 aromatic heterocycles. The summed E-state index contributed by atoms with van der Waals surface area (Å²) in [6, 6.07) is 6.04. The summed E-state index contributed by atoms with van der Waals surface area (Å²) in [6.07, 6.45) is 0. The Kier molecular flexibility index (Phi) is 3.42. The first-order valence-corrected chi connectivity index (χ1v) is 8.10. The Morgan fingerprint density at radius 2 is 1.12 bits per heavy atom. The average Bonchev–Trinajstić information content (AvgIpc) is 3.16. The van der Waals surface area contributed by atoms with Gasteiger partial charge in [-0.2, -0.15) is 0 Å². The third kappa shape index (κ3) is 2.59. The van der Waals surface area contributed by atoms with E-state index in [1.54, 1.807) is 0 Å². The molecule has 2 aromatic rings. The predicted octanol–water partition coefficient (Wildman–Crippen LogP) is 2.16. The third-order valence-corrected chi connectivity index (χ3v) is 4.17. The zero-order valence-corrected chi connectivity index (χ0v) is 13.2. The fourth-order valence-electron chi connectivity index (χ4n) is 2.26. The van der Waals surface area contributed by atoms with Crippen molar-refractivity contribution in [2.75, 3.05) is 25.1 Å². The van der Waals surface area contributed by atoms with Gasteiger partial charge in [-0.15, -0.1) is 0 Å². The summed E-state index contributed by atoms with van der Waals surface area (Å²) in [5, 5.41) is 0. The van der Waals surface area contributed by atoms with Crippen molar-refractivity contribution in [3.8, 4) is 34.5 Å². The standard InChI is InChI=1S/C14H13N2O7P/c15-7-1-11-13(20-5-18-11)3-9(7)22-24(17)23-10-4-14-12(2-8(10)16)19-6-21-14/h1-4,24H,5-6,15-16H2. The van der Waals surface area contributed by atoms with Crippen molar-refractivity contribution >= 4 is 19.6 Å². The van der Waals surface area contributed by atoms with E-state index in [4.69, 9.17) is 39.5 Å². The molecular weight excluding hydrogens is 339 g/mol. The van der Waals surface area contributed by atoms with Crippen LogP contribution in [0.25, 0.3) is 0 Å². The number of hydrogen-bond acceptors (Lipinski definition) is 9. The van der Waals surface area contributed by atoms with Crippen molar-refractivity contribution in [3.05, 3.63) is 24.3 Å². The van der Waals surface area contributed by atoms with Crippen LogP contribution in [0.1, 0.15) is 0 Å². The zero-order chi connectivity index (χ0) is 16.7. The number of ether oxygens (including phenoxy) is 4. The zero-order valence-electron chi connectivity index (χ0n) is 12.2. The van der Waals surface area contributed by atoms with Crippen molar-refractivity contribution in [1.29, 1.82) is 0 Å². The number of anilines is 2. The van der Waals surface area contributed by atoms with Gasteiger partial charge in [0.1, 0.15) is 0 Å². The van der Waals surface area contributed by atoms with Gasteiger partial charge in [-0.1, -0.05) is 0 Å². The van der Waals surface area contributed by atoms with E-state index in [9.17, 15) is 4.57 Å². The van der Waals surface area contributed by atoms with Crippen LogP contribution in [0.3, 0.4) is 0 Å². The average molecular weight is 352 g/mol. The second-order valence-electron chi connectivity index (χ2n) is 4.94. The van der Waals surface area contributed by atoms with Crippen LogP contribution in [-0.2, 0) is 4.57 Å². The molecule has 0 saturated carbocycles. The van der Waals surface area contributed by atoms with Gasteiger partial charge < -0.3 is 39.5 Å². The highest BCUT2D eigenvalue weighted by Gasteiger charge is 2.20. The first-order valence-electron chi connectivity index (χ1n) is 6.88. The summed E-state index contributed by atoms with van der Waals surface area (Å²) < 4.78 is 43.6. The van der Waals surface area contributed by atoms with Gasteiger partial charge in [0, 0.05) is 24.3 Å². The van der Waals surface area contributed by atoms with Crippen molar-refractivity contribution in [2.24, 2.45) is 0 Å². The first kappa shape index (κ1) is 14.6. The molecule has 24 heavy (non-hydrogen) atoms. The van der Waals surface area contributed by atoms with Crippen LogP contribution >= 0.6 is 8.25 Å². The van der Waals surface area contributed by atoms with Gasteiger partial charge in [-0.05, 0) is 0 Å². The molecule has 4 N–H and O–H groups in total. The summed E-state index contributed by atoms with van der Waals surface area (Å²) in [7, 11) is -2.97. The molecule has 0 aliphatic carbocycles. The number of nitrogens with two attached hydrogens (primary N) is 2. The van der Waals surface area contributed by atoms with Crippen molar-refractivity contribution < 1.29 is 32.6 Å². The number of nitrogen functional groups attached to an aromatic ring is 2. The summed E-state index contributed by atoms with van der Waals surface area (Å²) in [5.41, 5.74) is 12.2. The second kappa shape index (κ2) is 5.61. The topological polar surface area (TPSA) is 124 Å². The molecule has 0 fully saturated rings. The highest BCUT2D eigenvalue weighted by atomic mass is 31.1. The van der Waals surface area contributed by atoms with Crippen molar-refractivity contribution in [3.63, 3.8) is 0 Å². The lowest BCUT2D eigenvalue weighted by molar-refractivity contribution is 0.173. The predicted molar refractivity (Wildman–Crippen MR) is 84.2 cm³/mol. The van der Waals surface area contributed by atoms with Gasteiger partial charge in [0.2, 0.25) is 13.6 Å². The van der Waals surface area contributed by atoms with E-state index in [1.807, 2.05) is 0 Å². The minimum absolute atomic E-state index is 0.0949. The molecule has 0 unspecified atom stereocenters. The van der Waals surface area contributed by atoms with E-state index < -0.39 is 8.25 Å². The molecule has 0 amide bonds. The SMILES string of the molecule is Nc1cc2c(cc1O[PH](=O)Oc1cc3c(cc1N)OCO3)OCO2. The second-order valence-corrected chi connectivity index (χ2v) is 5.85. The van der Waals surface area contributed by atoms with E-state index in [0.717, 1.165) is 0 Å². The van der Waals surface area contributed by atoms with Crippen LogP contribution < -0.4 is 39.5 Å². The minimum Gasteiger partial charge on any atom is -0.454 e. The molecule has 0 radical (unpaired) electrons. The van der Waals surface area contributed by atoms with Gasteiger partial charge in [-0.25, -0.2) is 4.57 Å². The lowest BCUT2D eigenvalue weighted by atomic mass is 10.2. The van der Waals surface area contributed by atoms with Crippen LogP contribution in [0.15, 0.2) is 24.3 Å². The van der Waals surface area contributed by atoms with Crippen LogP contribution in [-0.4, -0.2) is 13.6 Å². The minimum atomic E-state index is -2.97. The molecule has 2 aliphatic heterocycles. The Labute approximate surface area is 136 Å². The molecule has 0 saturated heterocycles. The quantitative estimate of drug-likeness (QED) is 0.629. The molecular formula is C14H13N2O7P. The molecule has 0 bridgehead atoms. The molecule has 2 aromatic carbocycles. The van der Waals surface area contributed by atoms with E-state index in [1.165, 1.54) is 24.3 Å². The Morgan fingerprint density at radius 3 is 1.54 bits per heavy atom. The van der Waals surface area contributed by atoms with Crippen molar-refractivity contribution in [1.82, 2.24) is 0 Å². The van der Waals surface area contributed by atoms with Crippen molar-refractivity contribution in [2.45, 2.75) is 0 Å². The highest BCUT2D eigenvalue weighted by molar-refractivity contribution is 7.34. The number of fused-ring (bicyclic) bond motifs is 2. The van der Waals surface area contributed by atoms with Gasteiger partial charge in [0.15, 0.2) is 34.5 Å². The third-order valence-electron chi connectivity index (χ3n) is 3.40. The number of hydrogen-bond donors (Lipinski definition) is 2. The fourth-order valence-corrected chi connectivity index (χ4v) is 3.01. The van der Waals surface area contributed by atoms with E-state index in [2.05, 4.69) is 0 Å². The molecule has 126 valence electrons. The van der Waals surface area contributed by atoms with Gasteiger partial charge in [-0.3, -0.25) is 0 Å². The van der Waals surface area contributed by atoms with Crippen LogP contribution in [0, 0.1) is 0 Å². The maximum Gasteiger partial charge on any atom is 0.419 e. The first-order chi connectivity index (χ1) is 11.6. The van der Waals surface area contributed by atoms with E-state index in [-0.39, 0.29) is 36.5 Å². The molecule has 4 rings (SSSR count). The van der Waals surface area contributed by atoms with Gasteiger partial charge in [0.05, 0.1) is 11.4 Å². The normalized spacial score (nSPS) is 14.0. The Morgan fingerprint density at radius 1 is 0.750 bits per heavy atom. The smallest absolute Gasteiger partial charge is 0.419 e. The number of benzene rings is 2. The maximum absolute atomic E-state index is 12.2. The van der Waals surface area contributed by atoms with Gasteiger partial charge >= 0.3 is 8.25 Å². The molecule has 2 aliphatic rings. The summed E-state index contributed by atoms with van der Waals surface area (Å²) >= 11 is 0. The van der Waals surface area contributed by atoms with Gasteiger partial charge in [0.25, 0.3) is 0 Å². The largest absolute Gasteiger partial charge is 0.454 e. The van der Waals surface area contributed by atoms with Crippen LogP contribution in [0.2, 0.25) is 0 Å². The summed E-state index contributed by atoms with van der Waals surface area (Å²) in [4.78, 5) is 0. The lowest BCUT2D eigenvalue weighted by Gasteiger charge is -2.12. The highest BCUT2D eigenvalue weighted by Crippen LogP contribution is 2.45. The Bertz CT molecular complexity index is 775. The molecule has 10 heteroatoms. The summed E-state index contributed by atoms with van der Waals surface area (Å²) in [5.74, 6) is 2.25. The summed E-state index contributed by atoms with van der Waals surface area (Å²) in [6.45, 7) is 0.190. The number of rotatable bonds is 4. The van der Waals surface area contributed by atoms with E-state index >= 15 is 0 Å². The lowest BCUT2D eigenvalue weighted by Crippen LogP contribution is -1.96. The van der Waals surface area contributed by atoms with Crippen LogP contribution in [0.5, 0.6) is 34.5 Å². The Balaban J connectivity index is 1.52. The molecule has 0 atom stereocenters. The molecule has 9 nitrogen and oxygen atoms in total. The van der Waals surface area contributed by atoms with E-state index in [0.29, 0.717) is 23.0 Å². The molecule has 2 heterocycles. The monoisotopic (exact) mass is 352 g/mol. The molecule has 0 spiro atoms.